The van der Waals surface area contributed by atoms with E-state index in [1.54, 1.807) is 12.4 Å². The number of rotatable bonds is 3. The van der Waals surface area contributed by atoms with Crippen LogP contribution in [0.1, 0.15) is 36.5 Å². The molecule has 0 aliphatic carbocycles. The number of aliphatic hydroxyl groups is 1. The van der Waals surface area contributed by atoms with Gasteiger partial charge in [-0.05, 0) is 43.0 Å². The first-order valence-electron chi connectivity index (χ1n) is 9.83. The summed E-state index contributed by atoms with van der Waals surface area (Å²) in [4.78, 5) is 21.6. The Bertz CT molecular complexity index is 800. The van der Waals surface area contributed by atoms with Crippen molar-refractivity contribution < 1.29 is 9.90 Å². The van der Waals surface area contributed by atoms with Gasteiger partial charge in [0.25, 0.3) is 0 Å². The summed E-state index contributed by atoms with van der Waals surface area (Å²) >= 11 is 0. The lowest BCUT2D eigenvalue weighted by Crippen LogP contribution is -2.54. The maximum Gasteiger partial charge on any atom is 0.240 e. The van der Waals surface area contributed by atoms with Gasteiger partial charge in [-0.2, -0.15) is 0 Å². The van der Waals surface area contributed by atoms with Crippen molar-refractivity contribution in [3.05, 3.63) is 65.5 Å². The predicted octanol–water partition coefficient (Wildman–Crippen LogP) is 2.34. The molecule has 5 heteroatoms. The standard InChI is InChI=1S/C22H27N3O2/c1-2-24-16-18-7-4-3-6-17(18)14-20(24)21(26)25-12-9-22(27,10-13-25)19-8-5-11-23-15-19/h3-8,11,15,20,27H,2,9-10,12-14,16H2,1H3/t20-/m0/s1. The predicted molar refractivity (Wildman–Crippen MR) is 104 cm³/mol. The van der Waals surface area contributed by atoms with Gasteiger partial charge in [0.05, 0.1) is 11.6 Å². The molecule has 0 saturated carbocycles. The summed E-state index contributed by atoms with van der Waals surface area (Å²) in [7, 11) is 0. The van der Waals surface area contributed by atoms with E-state index in [4.69, 9.17) is 0 Å². The van der Waals surface area contributed by atoms with Gasteiger partial charge in [0.15, 0.2) is 0 Å². The number of pyridine rings is 1. The van der Waals surface area contributed by atoms with Crippen LogP contribution in [0.5, 0.6) is 0 Å². The third-order valence-corrected chi connectivity index (χ3v) is 6.14. The van der Waals surface area contributed by atoms with Crippen LogP contribution < -0.4 is 0 Å². The highest BCUT2D eigenvalue weighted by atomic mass is 16.3. The summed E-state index contributed by atoms with van der Waals surface area (Å²) in [5, 5.41) is 11.0. The fourth-order valence-corrected chi connectivity index (χ4v) is 4.39. The van der Waals surface area contributed by atoms with E-state index in [1.807, 2.05) is 17.0 Å². The molecule has 1 atom stereocenters. The highest BCUT2D eigenvalue weighted by Crippen LogP contribution is 2.33. The molecule has 1 aromatic heterocycles. The summed E-state index contributed by atoms with van der Waals surface area (Å²) in [6.07, 6.45) is 5.33. The SMILES string of the molecule is CCN1Cc2ccccc2C[C@H]1C(=O)N1CCC(O)(c2cccnc2)CC1. The average molecular weight is 365 g/mol. The third-order valence-electron chi connectivity index (χ3n) is 6.14. The zero-order valence-electron chi connectivity index (χ0n) is 15.8. The Morgan fingerprint density at radius 3 is 2.59 bits per heavy atom. The monoisotopic (exact) mass is 365 g/mol. The molecule has 2 aliphatic rings. The van der Waals surface area contributed by atoms with E-state index in [9.17, 15) is 9.90 Å². The fraction of sp³-hybridized carbons (Fsp3) is 0.455. The highest BCUT2D eigenvalue weighted by Gasteiger charge is 2.39. The average Bonchev–Trinajstić information content (AvgIpc) is 2.73. The van der Waals surface area contributed by atoms with Crippen LogP contribution >= 0.6 is 0 Å². The quantitative estimate of drug-likeness (QED) is 0.907. The number of aromatic nitrogens is 1. The largest absolute Gasteiger partial charge is 0.385 e. The zero-order chi connectivity index (χ0) is 18.9. The van der Waals surface area contributed by atoms with Gasteiger partial charge in [0.2, 0.25) is 5.91 Å². The first-order chi connectivity index (χ1) is 13.1. The van der Waals surface area contributed by atoms with Gasteiger partial charge in [0, 0.05) is 37.6 Å². The lowest BCUT2D eigenvalue weighted by atomic mass is 9.85. The number of benzene rings is 1. The lowest BCUT2D eigenvalue weighted by Gasteiger charge is -2.42. The Kier molecular flexibility index (Phi) is 4.98. The number of hydrogen-bond acceptors (Lipinski definition) is 4. The molecule has 3 heterocycles. The van der Waals surface area contributed by atoms with Crippen molar-refractivity contribution in [1.82, 2.24) is 14.8 Å². The molecule has 0 radical (unpaired) electrons. The van der Waals surface area contributed by atoms with E-state index in [-0.39, 0.29) is 11.9 Å². The molecule has 4 rings (SSSR count). The van der Waals surface area contributed by atoms with Crippen molar-refractivity contribution in [2.24, 2.45) is 0 Å². The Labute approximate surface area is 160 Å². The summed E-state index contributed by atoms with van der Waals surface area (Å²) in [5.74, 6) is 0.194. The van der Waals surface area contributed by atoms with E-state index in [0.717, 1.165) is 25.1 Å². The van der Waals surface area contributed by atoms with Crippen LogP contribution in [0.3, 0.4) is 0 Å². The van der Waals surface area contributed by atoms with Crippen LogP contribution in [-0.4, -0.2) is 51.5 Å². The van der Waals surface area contributed by atoms with Gasteiger partial charge in [-0.25, -0.2) is 0 Å². The molecular formula is C22H27N3O2. The van der Waals surface area contributed by atoms with Crippen LogP contribution in [-0.2, 0) is 23.4 Å². The normalized spacial score (nSPS) is 22.3. The van der Waals surface area contributed by atoms with E-state index >= 15 is 0 Å². The zero-order valence-corrected chi connectivity index (χ0v) is 15.8. The van der Waals surface area contributed by atoms with E-state index in [1.165, 1.54) is 11.1 Å². The van der Waals surface area contributed by atoms with Crippen molar-refractivity contribution in [2.45, 2.75) is 44.4 Å². The molecule has 2 aliphatic heterocycles. The number of likely N-dealkylation sites (tertiary alicyclic amines) is 1. The second kappa shape index (κ2) is 7.41. The van der Waals surface area contributed by atoms with Gasteiger partial charge in [-0.1, -0.05) is 37.3 Å². The summed E-state index contributed by atoms with van der Waals surface area (Å²) < 4.78 is 0. The number of carbonyl (C=O) groups excluding carboxylic acids is 1. The highest BCUT2D eigenvalue weighted by molar-refractivity contribution is 5.82. The van der Waals surface area contributed by atoms with Crippen LogP contribution in [0.4, 0.5) is 0 Å². The number of carbonyl (C=O) groups is 1. The van der Waals surface area contributed by atoms with Crippen molar-refractivity contribution in [2.75, 3.05) is 19.6 Å². The molecule has 1 saturated heterocycles. The molecule has 0 spiro atoms. The molecule has 1 amide bonds. The molecule has 142 valence electrons. The minimum atomic E-state index is -0.880. The van der Waals surface area contributed by atoms with Crippen LogP contribution in [0, 0.1) is 0 Å². The molecule has 1 aromatic carbocycles. The van der Waals surface area contributed by atoms with Gasteiger partial charge in [-0.3, -0.25) is 14.7 Å². The van der Waals surface area contributed by atoms with Crippen LogP contribution in [0.2, 0.25) is 0 Å². The Hall–Kier alpha value is -2.24. The Balaban J connectivity index is 1.46. The van der Waals surface area contributed by atoms with Crippen molar-refractivity contribution in [1.29, 1.82) is 0 Å². The third kappa shape index (κ3) is 3.49. The molecule has 27 heavy (non-hydrogen) atoms. The molecule has 0 bridgehead atoms. The summed E-state index contributed by atoms with van der Waals surface area (Å²) in [6.45, 7) is 4.97. The molecule has 1 fully saturated rings. The van der Waals surface area contributed by atoms with Crippen LogP contribution in [0.25, 0.3) is 0 Å². The Morgan fingerprint density at radius 2 is 1.93 bits per heavy atom. The number of fused-ring (bicyclic) bond motifs is 1. The van der Waals surface area contributed by atoms with Gasteiger partial charge >= 0.3 is 0 Å². The second-order valence-electron chi connectivity index (χ2n) is 7.65. The molecular weight excluding hydrogens is 338 g/mol. The number of nitrogens with zero attached hydrogens (tertiary/aromatic N) is 3. The fourth-order valence-electron chi connectivity index (χ4n) is 4.39. The minimum absolute atomic E-state index is 0.102. The Morgan fingerprint density at radius 1 is 1.19 bits per heavy atom. The maximum absolute atomic E-state index is 13.3. The van der Waals surface area contributed by atoms with Gasteiger partial charge in [-0.15, -0.1) is 0 Å². The molecule has 2 aromatic rings. The number of hydrogen-bond donors (Lipinski definition) is 1. The van der Waals surface area contributed by atoms with Crippen molar-refractivity contribution >= 4 is 5.91 Å². The molecule has 0 unspecified atom stereocenters. The van der Waals surface area contributed by atoms with Crippen molar-refractivity contribution in [3.8, 4) is 0 Å². The summed E-state index contributed by atoms with van der Waals surface area (Å²) in [6, 6.07) is 12.1. The number of piperidine rings is 1. The molecule has 5 nitrogen and oxygen atoms in total. The van der Waals surface area contributed by atoms with Gasteiger partial charge < -0.3 is 10.0 Å². The first kappa shape index (κ1) is 18.1. The lowest BCUT2D eigenvalue weighted by molar-refractivity contribution is -0.142. The van der Waals surface area contributed by atoms with E-state index < -0.39 is 5.60 Å². The number of amides is 1. The van der Waals surface area contributed by atoms with E-state index in [2.05, 4.69) is 41.1 Å². The molecule has 1 N–H and O–H groups in total. The minimum Gasteiger partial charge on any atom is -0.385 e. The van der Waals surface area contributed by atoms with E-state index in [0.29, 0.717) is 25.9 Å². The topological polar surface area (TPSA) is 56.7 Å². The first-order valence-corrected chi connectivity index (χ1v) is 9.83. The maximum atomic E-state index is 13.3. The van der Waals surface area contributed by atoms with Crippen molar-refractivity contribution in [3.63, 3.8) is 0 Å². The summed E-state index contributed by atoms with van der Waals surface area (Å²) in [5.41, 5.74) is 2.57. The van der Waals surface area contributed by atoms with Gasteiger partial charge in [0.1, 0.15) is 0 Å². The number of likely N-dealkylation sites (N-methyl/N-ethyl adjacent to an activating group) is 1. The second-order valence-corrected chi connectivity index (χ2v) is 7.65. The van der Waals surface area contributed by atoms with Crippen LogP contribution in [0.15, 0.2) is 48.8 Å². The smallest absolute Gasteiger partial charge is 0.240 e.